The van der Waals surface area contributed by atoms with Crippen LogP contribution in [0.1, 0.15) is 6.92 Å². The van der Waals surface area contributed by atoms with Crippen molar-refractivity contribution in [1.82, 2.24) is 10.2 Å². The topological polar surface area (TPSA) is 47.0 Å². The van der Waals surface area contributed by atoms with Crippen LogP contribution in [0.4, 0.5) is 10.8 Å². The molecule has 0 saturated carbocycles. The lowest BCUT2D eigenvalue weighted by Gasteiger charge is -2.09. The van der Waals surface area contributed by atoms with Gasteiger partial charge in [-0.05, 0) is 19.1 Å². The zero-order valence-corrected chi connectivity index (χ0v) is 13.3. The number of nitrogens with one attached hydrogen (secondary N) is 1. The van der Waals surface area contributed by atoms with Gasteiger partial charge in [-0.3, -0.25) is 0 Å². The first-order chi connectivity index (χ1) is 9.69. The van der Waals surface area contributed by atoms with Crippen LogP contribution in [0.3, 0.4) is 0 Å². The lowest BCUT2D eigenvalue weighted by molar-refractivity contribution is 0.342. The highest BCUT2D eigenvalue weighted by molar-refractivity contribution is 8.01. The number of thioether (sulfide) groups is 1. The third-order valence-electron chi connectivity index (χ3n) is 2.19. The van der Waals surface area contributed by atoms with Crippen LogP contribution in [0.25, 0.3) is 0 Å². The summed E-state index contributed by atoms with van der Waals surface area (Å²) in [6.07, 6.45) is 0. The second kappa shape index (κ2) is 7.52. The van der Waals surface area contributed by atoms with Gasteiger partial charge in [0.2, 0.25) is 5.13 Å². The van der Waals surface area contributed by atoms with E-state index >= 15 is 0 Å². The van der Waals surface area contributed by atoms with E-state index in [1.807, 2.05) is 31.2 Å². The number of hydrogen-bond donors (Lipinski definition) is 1. The van der Waals surface area contributed by atoms with Crippen LogP contribution < -0.4 is 10.1 Å². The van der Waals surface area contributed by atoms with E-state index in [9.17, 15) is 0 Å². The normalized spacial score (nSPS) is 10.3. The third kappa shape index (κ3) is 4.40. The van der Waals surface area contributed by atoms with Gasteiger partial charge in [-0.15, -0.1) is 10.2 Å². The molecule has 0 amide bonds. The lowest BCUT2D eigenvalue weighted by Crippen LogP contribution is -1.97. The summed E-state index contributed by atoms with van der Waals surface area (Å²) in [5, 5.41) is 12.7. The van der Waals surface area contributed by atoms with Crippen LogP contribution in [0.5, 0.6) is 5.75 Å². The molecule has 4 nitrogen and oxygen atoms in total. The molecule has 1 aromatic heterocycles. The molecule has 0 aliphatic rings. The Morgan fingerprint density at radius 1 is 1.45 bits per heavy atom. The first kappa shape index (κ1) is 15.2. The van der Waals surface area contributed by atoms with Crippen molar-refractivity contribution in [3.8, 4) is 5.75 Å². The van der Waals surface area contributed by atoms with E-state index in [-0.39, 0.29) is 0 Å². The van der Waals surface area contributed by atoms with E-state index in [1.54, 1.807) is 0 Å². The largest absolute Gasteiger partial charge is 0.492 e. The molecule has 0 saturated heterocycles. The van der Waals surface area contributed by atoms with Crippen molar-refractivity contribution in [2.75, 3.05) is 17.7 Å². The molecule has 0 fully saturated rings. The second-order valence-electron chi connectivity index (χ2n) is 3.73. The average Bonchev–Trinajstić information content (AvgIpc) is 2.87. The van der Waals surface area contributed by atoms with Crippen molar-refractivity contribution in [3.05, 3.63) is 35.9 Å². The molecule has 0 unspecified atom stereocenters. The molecule has 2 rings (SSSR count). The third-order valence-corrected chi connectivity index (χ3v) is 4.54. The SMILES string of the molecule is C=C(Cl)CSc1nnc(Nc2ccccc2OCC)s1. The highest BCUT2D eigenvalue weighted by Gasteiger charge is 2.08. The van der Waals surface area contributed by atoms with Gasteiger partial charge in [0.1, 0.15) is 5.75 Å². The summed E-state index contributed by atoms with van der Waals surface area (Å²) in [6.45, 7) is 6.22. The fraction of sp³-hybridized carbons (Fsp3) is 0.231. The number of aromatic nitrogens is 2. The summed E-state index contributed by atoms with van der Waals surface area (Å²) in [6, 6.07) is 7.74. The molecule has 0 atom stereocenters. The fourth-order valence-electron chi connectivity index (χ4n) is 1.43. The van der Waals surface area contributed by atoms with Crippen LogP contribution in [-0.2, 0) is 0 Å². The van der Waals surface area contributed by atoms with Gasteiger partial charge >= 0.3 is 0 Å². The number of halogens is 1. The number of hydrogen-bond acceptors (Lipinski definition) is 6. The summed E-state index contributed by atoms with van der Waals surface area (Å²) in [7, 11) is 0. The Morgan fingerprint density at radius 2 is 2.25 bits per heavy atom. The van der Waals surface area contributed by atoms with Gasteiger partial charge in [-0.2, -0.15) is 0 Å². The number of benzene rings is 1. The number of anilines is 2. The minimum absolute atomic E-state index is 0.599. The van der Waals surface area contributed by atoms with Crippen molar-refractivity contribution < 1.29 is 4.74 Å². The Balaban J connectivity index is 2.05. The Kier molecular flexibility index (Phi) is 5.70. The van der Waals surface area contributed by atoms with Gasteiger partial charge in [-0.25, -0.2) is 0 Å². The molecule has 7 heteroatoms. The number of ether oxygens (including phenoxy) is 1. The Bertz CT molecular complexity index is 589. The van der Waals surface area contributed by atoms with Gasteiger partial charge < -0.3 is 10.1 Å². The maximum Gasteiger partial charge on any atom is 0.210 e. The van der Waals surface area contributed by atoms with Crippen molar-refractivity contribution in [2.45, 2.75) is 11.3 Å². The molecule has 2 aromatic rings. The lowest BCUT2D eigenvalue weighted by atomic mass is 10.3. The number of para-hydroxylation sites is 2. The van der Waals surface area contributed by atoms with Gasteiger partial charge in [-0.1, -0.05) is 53.4 Å². The van der Waals surface area contributed by atoms with Gasteiger partial charge in [0.25, 0.3) is 0 Å². The van der Waals surface area contributed by atoms with E-state index < -0.39 is 0 Å². The minimum Gasteiger partial charge on any atom is -0.492 e. The Hall–Kier alpha value is -1.24. The predicted molar refractivity (Wildman–Crippen MR) is 86.5 cm³/mol. The minimum atomic E-state index is 0.599. The van der Waals surface area contributed by atoms with E-state index in [1.165, 1.54) is 23.1 Å². The van der Waals surface area contributed by atoms with Crippen LogP contribution in [0, 0.1) is 0 Å². The van der Waals surface area contributed by atoms with Gasteiger partial charge in [0.05, 0.1) is 12.3 Å². The highest BCUT2D eigenvalue weighted by atomic mass is 35.5. The van der Waals surface area contributed by atoms with Gasteiger partial charge in [0.15, 0.2) is 4.34 Å². The Labute approximate surface area is 131 Å². The highest BCUT2D eigenvalue weighted by Crippen LogP contribution is 2.32. The number of rotatable bonds is 7. The summed E-state index contributed by atoms with van der Waals surface area (Å²) in [4.78, 5) is 0. The molecule has 0 spiro atoms. The van der Waals surface area contributed by atoms with E-state index in [0.717, 1.165) is 20.9 Å². The number of nitrogens with zero attached hydrogens (tertiary/aromatic N) is 2. The molecule has 0 bridgehead atoms. The second-order valence-corrected chi connectivity index (χ2v) is 6.47. The molecule has 1 heterocycles. The zero-order chi connectivity index (χ0) is 14.4. The first-order valence-corrected chi connectivity index (χ1v) is 8.15. The van der Waals surface area contributed by atoms with E-state index in [0.29, 0.717) is 17.4 Å². The predicted octanol–water partition coefficient (Wildman–Crippen LogP) is 4.53. The average molecular weight is 328 g/mol. The van der Waals surface area contributed by atoms with E-state index in [4.69, 9.17) is 16.3 Å². The summed E-state index contributed by atoms with van der Waals surface area (Å²) >= 11 is 8.72. The smallest absolute Gasteiger partial charge is 0.210 e. The van der Waals surface area contributed by atoms with Crippen LogP contribution >= 0.6 is 34.7 Å². The molecule has 0 radical (unpaired) electrons. The maximum absolute atomic E-state index is 5.73. The molecule has 20 heavy (non-hydrogen) atoms. The summed E-state index contributed by atoms with van der Waals surface area (Å²) < 4.78 is 6.40. The first-order valence-electron chi connectivity index (χ1n) is 5.97. The summed E-state index contributed by atoms with van der Waals surface area (Å²) in [5.74, 6) is 1.43. The van der Waals surface area contributed by atoms with Crippen molar-refractivity contribution >= 4 is 45.5 Å². The van der Waals surface area contributed by atoms with Crippen LogP contribution in [-0.4, -0.2) is 22.6 Å². The molecule has 0 aliphatic heterocycles. The quantitative estimate of drug-likeness (QED) is 0.757. The maximum atomic E-state index is 5.73. The standard InChI is InChI=1S/C13H14ClN3OS2/c1-3-18-11-7-5-4-6-10(11)15-12-16-17-13(20-12)19-8-9(2)14/h4-7H,2-3,8H2,1H3,(H,15,16). The van der Waals surface area contributed by atoms with E-state index in [2.05, 4.69) is 22.1 Å². The monoisotopic (exact) mass is 327 g/mol. The van der Waals surface area contributed by atoms with Crippen LogP contribution in [0.15, 0.2) is 40.2 Å². The van der Waals surface area contributed by atoms with Crippen molar-refractivity contribution in [1.29, 1.82) is 0 Å². The van der Waals surface area contributed by atoms with Gasteiger partial charge in [0, 0.05) is 10.8 Å². The summed E-state index contributed by atoms with van der Waals surface area (Å²) in [5.41, 5.74) is 0.879. The molecule has 106 valence electrons. The van der Waals surface area contributed by atoms with Crippen molar-refractivity contribution in [2.24, 2.45) is 0 Å². The molecule has 1 N–H and O–H groups in total. The molecular weight excluding hydrogens is 314 g/mol. The fourth-order valence-corrected chi connectivity index (χ4v) is 3.11. The van der Waals surface area contributed by atoms with Crippen molar-refractivity contribution in [3.63, 3.8) is 0 Å². The zero-order valence-electron chi connectivity index (χ0n) is 10.9. The van der Waals surface area contributed by atoms with Crippen LogP contribution in [0.2, 0.25) is 0 Å². The Morgan fingerprint density at radius 3 is 3.00 bits per heavy atom. The molecule has 0 aliphatic carbocycles. The molecule has 1 aromatic carbocycles. The molecular formula is C13H14ClN3OS2.